The van der Waals surface area contributed by atoms with Crippen LogP contribution in [0.5, 0.6) is 0 Å². The van der Waals surface area contributed by atoms with Crippen molar-refractivity contribution < 1.29 is 0 Å². The molecule has 1 aliphatic heterocycles. The van der Waals surface area contributed by atoms with Crippen molar-refractivity contribution in [3.63, 3.8) is 0 Å². The van der Waals surface area contributed by atoms with Gasteiger partial charge in [-0.1, -0.05) is 13.8 Å². The maximum absolute atomic E-state index is 4.50. The van der Waals surface area contributed by atoms with Crippen LogP contribution in [0.15, 0.2) is 6.20 Å². The number of nitrogens with one attached hydrogen (secondary N) is 2. The summed E-state index contributed by atoms with van der Waals surface area (Å²) in [6.07, 6.45) is 4.37. The average Bonchev–Trinajstić information content (AvgIpc) is 2.95. The average molecular weight is 253 g/mol. The van der Waals surface area contributed by atoms with Gasteiger partial charge in [0.1, 0.15) is 5.01 Å². The van der Waals surface area contributed by atoms with Gasteiger partial charge in [-0.05, 0) is 31.7 Å². The predicted octanol–water partition coefficient (Wildman–Crippen LogP) is 2.36. The minimum absolute atomic E-state index is 0.373. The highest BCUT2D eigenvalue weighted by Crippen LogP contribution is 2.25. The summed E-state index contributed by atoms with van der Waals surface area (Å²) in [5.41, 5.74) is 0.416. The standard InChI is InChI=1S/C13H23N3S/c1-4-11-7-15-12(17-11)10(2)16-9-13(3)5-6-14-8-13/h7,10,14,16H,4-6,8-9H2,1-3H3. The topological polar surface area (TPSA) is 37.0 Å². The highest BCUT2D eigenvalue weighted by Gasteiger charge is 2.28. The fourth-order valence-corrected chi connectivity index (χ4v) is 3.08. The molecule has 2 heterocycles. The zero-order valence-electron chi connectivity index (χ0n) is 11.0. The Bertz CT molecular complexity index is 355. The molecule has 96 valence electrons. The molecule has 2 rings (SSSR count). The van der Waals surface area contributed by atoms with Crippen molar-refractivity contribution in [2.45, 2.75) is 39.7 Å². The van der Waals surface area contributed by atoms with Gasteiger partial charge in [0.2, 0.25) is 0 Å². The third-order valence-electron chi connectivity index (χ3n) is 3.58. The van der Waals surface area contributed by atoms with Crippen molar-refractivity contribution in [2.24, 2.45) is 5.41 Å². The van der Waals surface area contributed by atoms with Crippen LogP contribution >= 0.6 is 11.3 Å². The smallest absolute Gasteiger partial charge is 0.109 e. The fourth-order valence-electron chi connectivity index (χ4n) is 2.19. The van der Waals surface area contributed by atoms with E-state index in [1.807, 2.05) is 17.5 Å². The van der Waals surface area contributed by atoms with Crippen LogP contribution in [0.1, 0.15) is 43.1 Å². The summed E-state index contributed by atoms with van der Waals surface area (Å²) in [7, 11) is 0. The Hall–Kier alpha value is -0.450. The van der Waals surface area contributed by atoms with Crippen molar-refractivity contribution in [3.05, 3.63) is 16.1 Å². The van der Waals surface area contributed by atoms with E-state index in [2.05, 4.69) is 36.4 Å². The van der Waals surface area contributed by atoms with Crippen LogP contribution in [-0.4, -0.2) is 24.6 Å². The summed E-state index contributed by atoms with van der Waals surface area (Å²) in [5, 5.41) is 8.28. The number of rotatable bonds is 5. The Morgan fingerprint density at radius 3 is 3.06 bits per heavy atom. The number of hydrogen-bond donors (Lipinski definition) is 2. The van der Waals surface area contributed by atoms with Gasteiger partial charge in [0.05, 0.1) is 6.04 Å². The summed E-state index contributed by atoms with van der Waals surface area (Å²) in [6, 6.07) is 0.373. The molecule has 0 saturated carbocycles. The van der Waals surface area contributed by atoms with E-state index in [1.54, 1.807) is 0 Å². The highest BCUT2D eigenvalue weighted by molar-refractivity contribution is 7.11. The zero-order chi connectivity index (χ0) is 12.3. The second-order valence-corrected chi connectivity index (χ2v) is 6.51. The summed E-state index contributed by atoms with van der Waals surface area (Å²) >= 11 is 1.83. The molecule has 3 nitrogen and oxygen atoms in total. The lowest BCUT2D eigenvalue weighted by Crippen LogP contribution is -2.34. The molecule has 2 N–H and O–H groups in total. The first kappa shape index (κ1) is 13.0. The maximum atomic E-state index is 4.50. The molecule has 0 spiro atoms. The largest absolute Gasteiger partial charge is 0.316 e. The Balaban J connectivity index is 1.86. The van der Waals surface area contributed by atoms with Gasteiger partial charge in [0, 0.05) is 24.2 Å². The normalized spacial score (nSPS) is 26.3. The van der Waals surface area contributed by atoms with Crippen LogP contribution in [0.3, 0.4) is 0 Å². The highest BCUT2D eigenvalue weighted by atomic mass is 32.1. The van der Waals surface area contributed by atoms with Gasteiger partial charge >= 0.3 is 0 Å². The molecule has 0 bridgehead atoms. The number of aromatic nitrogens is 1. The van der Waals surface area contributed by atoms with Crippen LogP contribution < -0.4 is 10.6 Å². The molecule has 0 amide bonds. The summed E-state index contributed by atoms with van der Waals surface area (Å²) in [4.78, 5) is 5.87. The van der Waals surface area contributed by atoms with Gasteiger partial charge in [-0.15, -0.1) is 11.3 Å². The lowest BCUT2D eigenvalue weighted by Gasteiger charge is -2.25. The van der Waals surface area contributed by atoms with Crippen LogP contribution in [0, 0.1) is 5.41 Å². The predicted molar refractivity (Wildman–Crippen MR) is 73.5 cm³/mol. The number of hydrogen-bond acceptors (Lipinski definition) is 4. The van der Waals surface area contributed by atoms with E-state index in [0.717, 1.165) is 26.1 Å². The third-order valence-corrected chi connectivity index (χ3v) is 4.91. The monoisotopic (exact) mass is 253 g/mol. The lowest BCUT2D eigenvalue weighted by molar-refractivity contribution is 0.324. The van der Waals surface area contributed by atoms with E-state index in [9.17, 15) is 0 Å². The van der Waals surface area contributed by atoms with Gasteiger partial charge in [-0.2, -0.15) is 0 Å². The first-order chi connectivity index (χ1) is 8.13. The van der Waals surface area contributed by atoms with Gasteiger partial charge in [0.25, 0.3) is 0 Å². The molecule has 1 fully saturated rings. The molecule has 17 heavy (non-hydrogen) atoms. The molecular formula is C13H23N3S. The summed E-state index contributed by atoms with van der Waals surface area (Å²) in [5.74, 6) is 0. The molecule has 0 radical (unpaired) electrons. The second kappa shape index (κ2) is 5.46. The van der Waals surface area contributed by atoms with E-state index in [1.165, 1.54) is 16.3 Å². The van der Waals surface area contributed by atoms with Crippen LogP contribution in [0.2, 0.25) is 0 Å². The first-order valence-corrected chi connectivity index (χ1v) is 7.33. The molecule has 1 aromatic heterocycles. The molecule has 2 unspecified atom stereocenters. The molecule has 1 saturated heterocycles. The molecule has 0 aliphatic carbocycles. The van der Waals surface area contributed by atoms with E-state index < -0.39 is 0 Å². The Morgan fingerprint density at radius 1 is 1.65 bits per heavy atom. The first-order valence-electron chi connectivity index (χ1n) is 6.52. The molecular weight excluding hydrogens is 230 g/mol. The van der Waals surface area contributed by atoms with Gasteiger partial charge in [0.15, 0.2) is 0 Å². The van der Waals surface area contributed by atoms with E-state index in [4.69, 9.17) is 0 Å². The van der Waals surface area contributed by atoms with Crippen LogP contribution in [-0.2, 0) is 6.42 Å². The molecule has 1 aliphatic rings. The van der Waals surface area contributed by atoms with Crippen molar-refractivity contribution >= 4 is 11.3 Å². The molecule has 0 aromatic carbocycles. The van der Waals surface area contributed by atoms with Crippen molar-refractivity contribution in [3.8, 4) is 0 Å². The minimum Gasteiger partial charge on any atom is -0.316 e. The summed E-state index contributed by atoms with van der Waals surface area (Å²) < 4.78 is 0. The lowest BCUT2D eigenvalue weighted by atomic mass is 9.90. The Kier molecular flexibility index (Phi) is 4.17. The Labute approximate surface area is 108 Å². The number of aryl methyl sites for hydroxylation is 1. The van der Waals surface area contributed by atoms with Gasteiger partial charge < -0.3 is 10.6 Å². The number of thiazole rings is 1. The minimum atomic E-state index is 0.373. The van der Waals surface area contributed by atoms with E-state index >= 15 is 0 Å². The van der Waals surface area contributed by atoms with Crippen molar-refractivity contribution in [2.75, 3.05) is 19.6 Å². The van der Waals surface area contributed by atoms with Crippen LogP contribution in [0.25, 0.3) is 0 Å². The summed E-state index contributed by atoms with van der Waals surface area (Å²) in [6.45, 7) is 10.1. The molecule has 1 aromatic rings. The fraction of sp³-hybridized carbons (Fsp3) is 0.769. The van der Waals surface area contributed by atoms with Crippen molar-refractivity contribution in [1.29, 1.82) is 0 Å². The van der Waals surface area contributed by atoms with E-state index in [-0.39, 0.29) is 0 Å². The number of nitrogens with zero attached hydrogens (tertiary/aromatic N) is 1. The molecule has 4 heteroatoms. The second-order valence-electron chi connectivity index (χ2n) is 5.36. The SMILES string of the molecule is CCc1cnc(C(C)NCC2(C)CCNC2)s1. The van der Waals surface area contributed by atoms with Gasteiger partial charge in [-0.25, -0.2) is 4.98 Å². The zero-order valence-corrected chi connectivity index (χ0v) is 11.9. The Morgan fingerprint density at radius 2 is 2.47 bits per heavy atom. The van der Waals surface area contributed by atoms with E-state index in [0.29, 0.717) is 11.5 Å². The van der Waals surface area contributed by atoms with Crippen molar-refractivity contribution in [1.82, 2.24) is 15.6 Å². The van der Waals surface area contributed by atoms with Crippen LogP contribution in [0.4, 0.5) is 0 Å². The van der Waals surface area contributed by atoms with Gasteiger partial charge in [-0.3, -0.25) is 0 Å². The molecule has 2 atom stereocenters. The quantitative estimate of drug-likeness (QED) is 0.846. The third kappa shape index (κ3) is 3.27. The maximum Gasteiger partial charge on any atom is 0.109 e.